The van der Waals surface area contributed by atoms with Crippen LogP contribution in [0.2, 0.25) is 0 Å². The van der Waals surface area contributed by atoms with E-state index in [4.69, 9.17) is 4.74 Å². The van der Waals surface area contributed by atoms with E-state index in [0.717, 1.165) is 23.1 Å². The molecule has 0 saturated heterocycles. The minimum Gasteiger partial charge on any atom is -0.497 e. The van der Waals surface area contributed by atoms with Gasteiger partial charge >= 0.3 is 0 Å². The van der Waals surface area contributed by atoms with Gasteiger partial charge in [-0.15, -0.1) is 0 Å². The minimum absolute atomic E-state index is 0.194. The van der Waals surface area contributed by atoms with E-state index in [2.05, 4.69) is 20.7 Å². The van der Waals surface area contributed by atoms with Crippen molar-refractivity contribution < 1.29 is 13.9 Å². The molecule has 25 heavy (non-hydrogen) atoms. The lowest BCUT2D eigenvalue weighted by Gasteiger charge is -2.03. The molecule has 7 heteroatoms. The van der Waals surface area contributed by atoms with Crippen molar-refractivity contribution in [3.05, 3.63) is 71.7 Å². The van der Waals surface area contributed by atoms with E-state index in [-0.39, 0.29) is 5.56 Å². The molecule has 0 unspecified atom stereocenters. The van der Waals surface area contributed by atoms with Crippen LogP contribution in [-0.2, 0) is 0 Å². The van der Waals surface area contributed by atoms with Crippen molar-refractivity contribution in [3.8, 4) is 17.0 Å². The fourth-order valence-electron chi connectivity index (χ4n) is 2.24. The summed E-state index contributed by atoms with van der Waals surface area (Å²) in [7, 11) is 1.60. The second kappa shape index (κ2) is 7.39. The first-order valence-corrected chi connectivity index (χ1v) is 7.44. The quantitative estimate of drug-likeness (QED) is 0.554. The van der Waals surface area contributed by atoms with E-state index in [1.165, 1.54) is 24.4 Å². The standard InChI is InChI=1S/C18H15FN4O2/c1-25-16-7-5-12(6-8-16)17-14(10-20-22-17)11-21-23-18(24)13-3-2-4-15(19)9-13/h2-11H,1H3,(H,20,22)(H,23,24)/b21-11-. The first kappa shape index (κ1) is 16.4. The number of aromatic nitrogens is 2. The molecular weight excluding hydrogens is 323 g/mol. The molecule has 0 spiro atoms. The van der Waals surface area contributed by atoms with Gasteiger partial charge in [-0.2, -0.15) is 10.2 Å². The number of benzene rings is 2. The fraction of sp³-hybridized carbons (Fsp3) is 0.0556. The molecule has 6 nitrogen and oxygen atoms in total. The molecule has 2 aromatic carbocycles. The Balaban J connectivity index is 1.72. The van der Waals surface area contributed by atoms with Crippen LogP contribution in [0.3, 0.4) is 0 Å². The molecule has 0 aliphatic carbocycles. The SMILES string of the molecule is COc1ccc(-c2[nH]ncc2/C=N\NC(=O)c2cccc(F)c2)cc1. The van der Waals surface area contributed by atoms with Crippen LogP contribution in [0.15, 0.2) is 59.8 Å². The van der Waals surface area contributed by atoms with Gasteiger partial charge < -0.3 is 4.74 Å². The summed E-state index contributed by atoms with van der Waals surface area (Å²) >= 11 is 0. The Bertz CT molecular complexity index is 903. The second-order valence-corrected chi connectivity index (χ2v) is 5.14. The highest BCUT2D eigenvalue weighted by atomic mass is 19.1. The van der Waals surface area contributed by atoms with Gasteiger partial charge in [0.25, 0.3) is 5.91 Å². The number of nitrogens with zero attached hydrogens (tertiary/aromatic N) is 2. The van der Waals surface area contributed by atoms with E-state index >= 15 is 0 Å². The zero-order chi connectivity index (χ0) is 17.6. The van der Waals surface area contributed by atoms with E-state index in [9.17, 15) is 9.18 Å². The van der Waals surface area contributed by atoms with Crippen LogP contribution >= 0.6 is 0 Å². The number of methoxy groups -OCH3 is 1. The molecule has 1 heterocycles. The lowest BCUT2D eigenvalue weighted by molar-refractivity contribution is 0.0954. The molecular formula is C18H15FN4O2. The van der Waals surface area contributed by atoms with Crippen LogP contribution in [0, 0.1) is 5.82 Å². The first-order chi connectivity index (χ1) is 12.2. The molecule has 0 saturated carbocycles. The van der Waals surface area contributed by atoms with Gasteiger partial charge in [-0.1, -0.05) is 6.07 Å². The van der Waals surface area contributed by atoms with Gasteiger partial charge in [0.1, 0.15) is 11.6 Å². The lowest BCUT2D eigenvalue weighted by atomic mass is 10.1. The zero-order valence-corrected chi connectivity index (χ0v) is 13.4. The van der Waals surface area contributed by atoms with Crippen LogP contribution in [0.25, 0.3) is 11.3 Å². The van der Waals surface area contributed by atoms with Crippen LogP contribution in [0.4, 0.5) is 4.39 Å². The Labute approximate surface area is 143 Å². The summed E-state index contributed by atoms with van der Waals surface area (Å²) in [6.07, 6.45) is 3.07. The molecule has 1 aromatic heterocycles. The number of halogens is 1. The Hall–Kier alpha value is -3.48. The normalized spacial score (nSPS) is 10.8. The molecule has 0 radical (unpaired) electrons. The number of carbonyl (C=O) groups excluding carboxylic acids is 1. The van der Waals surface area contributed by atoms with E-state index in [1.54, 1.807) is 13.3 Å². The number of H-pyrrole nitrogens is 1. The summed E-state index contributed by atoms with van der Waals surface area (Å²) in [5.74, 6) is -0.223. The van der Waals surface area contributed by atoms with Gasteiger partial charge in [-0.3, -0.25) is 9.89 Å². The summed E-state index contributed by atoms with van der Waals surface area (Å²) < 4.78 is 18.3. The third-order valence-electron chi connectivity index (χ3n) is 3.50. The summed E-state index contributed by atoms with van der Waals surface area (Å²) in [6, 6.07) is 12.8. The topological polar surface area (TPSA) is 79.4 Å². The van der Waals surface area contributed by atoms with Crippen LogP contribution in [-0.4, -0.2) is 29.4 Å². The second-order valence-electron chi connectivity index (χ2n) is 5.14. The van der Waals surface area contributed by atoms with Gasteiger partial charge in [0.05, 0.1) is 25.2 Å². The van der Waals surface area contributed by atoms with Crippen LogP contribution < -0.4 is 10.2 Å². The predicted molar refractivity (Wildman–Crippen MR) is 92.0 cm³/mol. The molecule has 0 atom stereocenters. The number of hydrazone groups is 1. The maximum absolute atomic E-state index is 13.1. The first-order valence-electron chi connectivity index (χ1n) is 7.44. The smallest absolute Gasteiger partial charge is 0.271 e. The van der Waals surface area contributed by atoms with Crippen molar-refractivity contribution in [1.82, 2.24) is 15.6 Å². The van der Waals surface area contributed by atoms with Crippen molar-refractivity contribution in [2.45, 2.75) is 0 Å². The van der Waals surface area contributed by atoms with Gasteiger partial charge in [-0.25, -0.2) is 9.82 Å². The Morgan fingerprint density at radius 3 is 2.80 bits per heavy atom. The Morgan fingerprint density at radius 1 is 1.28 bits per heavy atom. The largest absolute Gasteiger partial charge is 0.497 e. The molecule has 0 aliphatic rings. The number of hydrogen-bond acceptors (Lipinski definition) is 4. The summed E-state index contributed by atoms with van der Waals surface area (Å²) in [5.41, 5.74) is 4.91. The summed E-state index contributed by atoms with van der Waals surface area (Å²) in [5, 5.41) is 10.8. The number of aromatic amines is 1. The maximum atomic E-state index is 13.1. The third-order valence-corrected chi connectivity index (χ3v) is 3.50. The number of carbonyl (C=O) groups is 1. The average Bonchev–Trinajstić information content (AvgIpc) is 3.10. The van der Waals surface area contributed by atoms with E-state index < -0.39 is 11.7 Å². The molecule has 0 bridgehead atoms. The third kappa shape index (κ3) is 3.89. The van der Waals surface area contributed by atoms with Gasteiger partial charge in [0.15, 0.2) is 0 Å². The molecule has 1 amide bonds. The van der Waals surface area contributed by atoms with Gasteiger partial charge in [0, 0.05) is 16.7 Å². The fourth-order valence-corrected chi connectivity index (χ4v) is 2.24. The number of hydrogen-bond donors (Lipinski definition) is 2. The molecule has 126 valence electrons. The van der Waals surface area contributed by atoms with E-state index in [0.29, 0.717) is 5.56 Å². The molecule has 3 aromatic rings. The average molecular weight is 338 g/mol. The van der Waals surface area contributed by atoms with Crippen LogP contribution in [0.5, 0.6) is 5.75 Å². The summed E-state index contributed by atoms with van der Waals surface area (Å²) in [4.78, 5) is 11.9. The highest BCUT2D eigenvalue weighted by molar-refractivity contribution is 5.95. The van der Waals surface area contributed by atoms with Crippen molar-refractivity contribution in [2.24, 2.45) is 5.10 Å². The number of ether oxygens (including phenoxy) is 1. The Kier molecular flexibility index (Phi) is 4.84. The lowest BCUT2D eigenvalue weighted by Crippen LogP contribution is -2.17. The Morgan fingerprint density at radius 2 is 2.08 bits per heavy atom. The van der Waals surface area contributed by atoms with Crippen molar-refractivity contribution >= 4 is 12.1 Å². The van der Waals surface area contributed by atoms with Crippen LogP contribution in [0.1, 0.15) is 15.9 Å². The molecule has 0 fully saturated rings. The molecule has 3 rings (SSSR count). The zero-order valence-electron chi connectivity index (χ0n) is 13.4. The number of nitrogens with one attached hydrogen (secondary N) is 2. The monoisotopic (exact) mass is 338 g/mol. The highest BCUT2D eigenvalue weighted by Gasteiger charge is 2.07. The van der Waals surface area contributed by atoms with Gasteiger partial charge in [-0.05, 0) is 42.5 Å². The number of rotatable bonds is 5. The highest BCUT2D eigenvalue weighted by Crippen LogP contribution is 2.22. The van der Waals surface area contributed by atoms with Crippen molar-refractivity contribution in [1.29, 1.82) is 0 Å². The molecule has 0 aliphatic heterocycles. The van der Waals surface area contributed by atoms with Crippen molar-refractivity contribution in [3.63, 3.8) is 0 Å². The predicted octanol–water partition coefficient (Wildman–Crippen LogP) is 2.99. The minimum atomic E-state index is -0.495. The van der Waals surface area contributed by atoms with Crippen molar-refractivity contribution in [2.75, 3.05) is 7.11 Å². The van der Waals surface area contributed by atoms with E-state index in [1.807, 2.05) is 24.3 Å². The maximum Gasteiger partial charge on any atom is 0.271 e. The van der Waals surface area contributed by atoms with Gasteiger partial charge in [0.2, 0.25) is 0 Å². The number of amides is 1. The summed E-state index contributed by atoms with van der Waals surface area (Å²) in [6.45, 7) is 0. The molecule has 2 N–H and O–H groups in total.